The van der Waals surface area contributed by atoms with Gasteiger partial charge in [-0.3, -0.25) is 11.5 Å². The van der Waals surface area contributed by atoms with Crippen LogP contribution in [0.2, 0.25) is 0 Å². The van der Waals surface area contributed by atoms with Crippen molar-refractivity contribution in [2.24, 2.45) is 16.5 Å². The average Bonchev–Trinajstić information content (AvgIpc) is 2.33. The molecule has 0 fully saturated rings. The van der Waals surface area contributed by atoms with Crippen LogP contribution in [0.1, 0.15) is 18.9 Å². The summed E-state index contributed by atoms with van der Waals surface area (Å²) in [7, 11) is 0. The smallest absolute Gasteiger partial charge is 0.201 e. The van der Waals surface area contributed by atoms with Crippen molar-refractivity contribution in [1.29, 1.82) is 0 Å². The maximum Gasteiger partial charge on any atom is 0.201 e. The quantitative estimate of drug-likeness (QED) is 0.698. The van der Waals surface area contributed by atoms with Gasteiger partial charge in [0.2, 0.25) is 5.79 Å². The summed E-state index contributed by atoms with van der Waals surface area (Å²) in [5, 5.41) is 3.48. The van der Waals surface area contributed by atoms with Gasteiger partial charge in [0, 0.05) is 6.42 Å². The zero-order valence-corrected chi connectivity index (χ0v) is 10.3. The molecule has 0 bridgehead atoms. The van der Waals surface area contributed by atoms with Crippen molar-refractivity contribution in [2.45, 2.75) is 19.1 Å². The molecule has 0 aromatic heterocycles. The Balaban J connectivity index is 2.47. The molecule has 1 aromatic rings. The van der Waals surface area contributed by atoms with E-state index < -0.39 is 5.79 Å². The Hall–Kier alpha value is -1.36. The van der Waals surface area contributed by atoms with Gasteiger partial charge in [0.25, 0.3) is 0 Å². The lowest BCUT2D eigenvalue weighted by molar-refractivity contribution is 0.562. The number of amidine groups is 1. The van der Waals surface area contributed by atoms with Crippen LogP contribution >= 0.6 is 11.6 Å². The third kappa shape index (κ3) is 2.34. The number of halogens is 1. The van der Waals surface area contributed by atoms with E-state index >= 15 is 0 Å². The van der Waals surface area contributed by atoms with Gasteiger partial charge in [-0.1, -0.05) is 48.9 Å². The lowest BCUT2D eigenvalue weighted by atomic mass is 10.1. The van der Waals surface area contributed by atoms with E-state index in [1.54, 1.807) is 0 Å². The van der Waals surface area contributed by atoms with Gasteiger partial charge in [-0.25, -0.2) is 4.99 Å². The minimum absolute atomic E-state index is 0.320. The molecule has 1 aliphatic rings. The maximum atomic E-state index is 6.19. The number of nitrogens with zero attached hydrogens (tertiary/aromatic N) is 1. The van der Waals surface area contributed by atoms with E-state index in [9.17, 15) is 0 Å². The Morgan fingerprint density at radius 1 is 1.29 bits per heavy atom. The fraction of sp³-hybridized carbons (Fsp3) is 0.250. The summed E-state index contributed by atoms with van der Waals surface area (Å²) in [5.74, 6) is -0.609. The van der Waals surface area contributed by atoms with E-state index in [4.69, 9.17) is 23.1 Å². The van der Waals surface area contributed by atoms with Crippen LogP contribution < -0.4 is 16.8 Å². The highest BCUT2D eigenvalue weighted by Gasteiger charge is 2.31. The van der Waals surface area contributed by atoms with Crippen LogP contribution in [-0.2, 0) is 0 Å². The monoisotopic (exact) mass is 250 g/mol. The van der Waals surface area contributed by atoms with Crippen molar-refractivity contribution in [3.63, 3.8) is 0 Å². The summed E-state index contributed by atoms with van der Waals surface area (Å²) in [4.78, 5) is 4.16. The van der Waals surface area contributed by atoms with Crippen LogP contribution in [0.15, 0.2) is 40.4 Å². The van der Waals surface area contributed by atoms with Gasteiger partial charge in [-0.2, -0.15) is 0 Å². The van der Waals surface area contributed by atoms with Crippen LogP contribution in [0.5, 0.6) is 0 Å². The first-order chi connectivity index (χ1) is 8.04. The normalized spacial score (nSPS) is 18.7. The van der Waals surface area contributed by atoms with Gasteiger partial charge in [0.1, 0.15) is 5.84 Å². The number of nitrogens with one attached hydrogen (secondary N) is 1. The molecule has 0 aliphatic carbocycles. The molecule has 0 spiro atoms. The van der Waals surface area contributed by atoms with Crippen LogP contribution in [0.25, 0.3) is 5.70 Å². The van der Waals surface area contributed by atoms with Crippen molar-refractivity contribution in [3.8, 4) is 0 Å². The van der Waals surface area contributed by atoms with Crippen molar-refractivity contribution in [3.05, 3.63) is 40.9 Å². The van der Waals surface area contributed by atoms with Gasteiger partial charge in [-0.05, 0) is 5.56 Å². The van der Waals surface area contributed by atoms with E-state index in [-0.39, 0.29) is 0 Å². The Morgan fingerprint density at radius 2 is 1.94 bits per heavy atom. The van der Waals surface area contributed by atoms with Crippen molar-refractivity contribution >= 4 is 23.1 Å². The number of rotatable bonds is 2. The molecule has 0 saturated carbocycles. The third-order valence-electron chi connectivity index (χ3n) is 2.56. The molecule has 4 nitrogen and oxygen atoms in total. The molecule has 90 valence electrons. The number of hydrogen-bond donors (Lipinski definition) is 3. The van der Waals surface area contributed by atoms with E-state index in [1.807, 2.05) is 37.3 Å². The Labute approximate surface area is 105 Å². The standard InChI is InChI=1S/C12H15ClN4/c1-2-9-16-10(8-6-4-3-5-7-8)11(13)12(14,15)17-9/h3-7H,2,14-15H2,1H3,(H,16,17). The molecule has 1 aromatic carbocycles. The molecule has 5 N–H and O–H groups in total. The largest absolute Gasteiger partial charge is 0.342 e. The lowest BCUT2D eigenvalue weighted by Crippen LogP contribution is -2.53. The SMILES string of the molecule is CCC1=NC(N)(N)C(Cl)=C(c2ccccc2)N1. The van der Waals surface area contributed by atoms with Crippen LogP contribution in [0.4, 0.5) is 0 Å². The topological polar surface area (TPSA) is 76.4 Å². The second-order valence-electron chi connectivity index (χ2n) is 3.92. The second-order valence-corrected chi connectivity index (χ2v) is 4.30. The van der Waals surface area contributed by atoms with Crippen molar-refractivity contribution < 1.29 is 0 Å². The molecule has 0 saturated heterocycles. The van der Waals surface area contributed by atoms with Gasteiger partial charge >= 0.3 is 0 Å². The summed E-state index contributed by atoms with van der Waals surface area (Å²) in [5.41, 5.74) is 13.4. The molecule has 1 heterocycles. The third-order valence-corrected chi connectivity index (χ3v) is 3.05. The first-order valence-electron chi connectivity index (χ1n) is 5.43. The summed E-state index contributed by atoms with van der Waals surface area (Å²) in [6.07, 6.45) is 0.719. The minimum atomic E-state index is -1.34. The summed E-state index contributed by atoms with van der Waals surface area (Å²) < 4.78 is 0. The highest BCUT2D eigenvalue weighted by atomic mass is 35.5. The molecule has 0 amide bonds. The first kappa shape index (κ1) is 12.1. The maximum absolute atomic E-state index is 6.19. The van der Waals surface area contributed by atoms with Crippen LogP contribution in [0, 0.1) is 0 Å². The predicted molar refractivity (Wildman–Crippen MR) is 71.2 cm³/mol. The minimum Gasteiger partial charge on any atom is -0.342 e. The zero-order chi connectivity index (χ0) is 12.5. The molecule has 0 radical (unpaired) electrons. The van der Waals surface area contributed by atoms with Gasteiger partial charge in [0.15, 0.2) is 0 Å². The fourth-order valence-corrected chi connectivity index (χ4v) is 1.87. The second kappa shape index (κ2) is 4.49. The Morgan fingerprint density at radius 3 is 2.53 bits per heavy atom. The molecular formula is C12H15ClN4. The van der Waals surface area contributed by atoms with Gasteiger partial charge in [-0.15, -0.1) is 0 Å². The molecule has 0 unspecified atom stereocenters. The van der Waals surface area contributed by atoms with E-state index in [0.29, 0.717) is 5.03 Å². The van der Waals surface area contributed by atoms with E-state index in [2.05, 4.69) is 10.3 Å². The number of benzene rings is 1. The van der Waals surface area contributed by atoms with E-state index in [0.717, 1.165) is 23.5 Å². The van der Waals surface area contributed by atoms with Gasteiger partial charge in [0.05, 0.1) is 10.7 Å². The summed E-state index contributed by atoms with van der Waals surface area (Å²) in [6.45, 7) is 1.98. The van der Waals surface area contributed by atoms with Crippen LogP contribution in [0.3, 0.4) is 0 Å². The van der Waals surface area contributed by atoms with E-state index in [1.165, 1.54) is 0 Å². The highest BCUT2D eigenvalue weighted by Crippen LogP contribution is 2.28. The molecular weight excluding hydrogens is 236 g/mol. The number of hydrogen-bond acceptors (Lipinski definition) is 4. The molecule has 5 heteroatoms. The fourth-order valence-electron chi connectivity index (χ4n) is 1.67. The van der Waals surface area contributed by atoms with Crippen LogP contribution in [-0.4, -0.2) is 11.6 Å². The summed E-state index contributed by atoms with van der Waals surface area (Å²) >= 11 is 6.19. The lowest BCUT2D eigenvalue weighted by Gasteiger charge is -2.29. The average molecular weight is 251 g/mol. The number of nitrogens with two attached hydrogens (primary N) is 2. The highest BCUT2D eigenvalue weighted by molar-refractivity contribution is 6.34. The Bertz CT molecular complexity index is 477. The molecule has 17 heavy (non-hydrogen) atoms. The zero-order valence-electron chi connectivity index (χ0n) is 9.57. The molecule has 1 aliphatic heterocycles. The molecule has 0 atom stereocenters. The Kier molecular flexibility index (Phi) is 3.19. The first-order valence-corrected chi connectivity index (χ1v) is 5.81. The van der Waals surface area contributed by atoms with Crippen molar-refractivity contribution in [2.75, 3.05) is 0 Å². The number of aliphatic imine (C=N–C) groups is 1. The molecule has 2 rings (SSSR count). The predicted octanol–water partition coefficient (Wildman–Crippen LogP) is 1.58. The van der Waals surface area contributed by atoms with Gasteiger partial charge < -0.3 is 5.32 Å². The van der Waals surface area contributed by atoms with Crippen molar-refractivity contribution in [1.82, 2.24) is 5.32 Å². The summed E-state index contributed by atoms with van der Waals surface area (Å²) in [6, 6.07) is 9.69.